The number of nitrogens with zero attached hydrogens (tertiary/aromatic N) is 3. The molecule has 1 heterocycles. The van der Waals surface area contributed by atoms with Crippen molar-refractivity contribution >= 4 is 29.9 Å². The SMILES string of the molecule is CCNC(=NCc1ccc(CN2CCCC2)cc1)NCCN(C)C(C)C.I. The van der Waals surface area contributed by atoms with E-state index in [4.69, 9.17) is 4.99 Å². The number of likely N-dealkylation sites (N-methyl/N-ethyl adjacent to an activating group) is 1. The lowest BCUT2D eigenvalue weighted by Crippen LogP contribution is -2.42. The average Bonchev–Trinajstić information content (AvgIpc) is 3.13. The molecule has 2 rings (SSSR count). The predicted octanol–water partition coefficient (Wildman–Crippen LogP) is 3.30. The van der Waals surface area contributed by atoms with Crippen molar-refractivity contribution in [3.05, 3.63) is 35.4 Å². The second-order valence-electron chi connectivity index (χ2n) is 7.50. The zero-order valence-electron chi connectivity index (χ0n) is 17.5. The molecule has 0 amide bonds. The van der Waals surface area contributed by atoms with E-state index in [1.54, 1.807) is 0 Å². The molecule has 27 heavy (non-hydrogen) atoms. The van der Waals surface area contributed by atoms with Crippen LogP contribution in [0.1, 0.15) is 44.7 Å². The van der Waals surface area contributed by atoms with Crippen LogP contribution in [0.25, 0.3) is 0 Å². The van der Waals surface area contributed by atoms with Crippen molar-refractivity contribution in [2.75, 3.05) is 39.8 Å². The average molecular weight is 487 g/mol. The minimum Gasteiger partial charge on any atom is -0.357 e. The van der Waals surface area contributed by atoms with E-state index in [1.807, 2.05) is 0 Å². The zero-order valence-corrected chi connectivity index (χ0v) is 19.8. The third-order valence-electron chi connectivity index (χ3n) is 5.03. The summed E-state index contributed by atoms with van der Waals surface area (Å²) in [5.74, 6) is 0.894. The van der Waals surface area contributed by atoms with Gasteiger partial charge in [0.1, 0.15) is 0 Å². The molecule has 2 N–H and O–H groups in total. The summed E-state index contributed by atoms with van der Waals surface area (Å²) in [6.45, 7) is 13.6. The minimum atomic E-state index is 0. The van der Waals surface area contributed by atoms with E-state index in [0.29, 0.717) is 12.6 Å². The minimum absolute atomic E-state index is 0. The molecule has 0 radical (unpaired) electrons. The maximum atomic E-state index is 4.72. The van der Waals surface area contributed by atoms with Crippen LogP contribution < -0.4 is 10.6 Å². The number of hydrogen-bond donors (Lipinski definition) is 2. The molecule has 1 aromatic rings. The van der Waals surface area contributed by atoms with Crippen molar-refractivity contribution in [3.63, 3.8) is 0 Å². The number of hydrogen-bond acceptors (Lipinski definition) is 3. The van der Waals surface area contributed by atoms with Crippen molar-refractivity contribution in [3.8, 4) is 0 Å². The van der Waals surface area contributed by atoms with Crippen molar-refractivity contribution in [2.45, 2.75) is 52.7 Å². The number of likely N-dealkylation sites (tertiary alicyclic amines) is 1. The fourth-order valence-electron chi connectivity index (χ4n) is 3.07. The van der Waals surface area contributed by atoms with Crippen LogP contribution in [0, 0.1) is 0 Å². The normalized spacial score (nSPS) is 15.3. The molecule has 0 unspecified atom stereocenters. The molecule has 0 aliphatic carbocycles. The van der Waals surface area contributed by atoms with Gasteiger partial charge in [-0.3, -0.25) is 4.90 Å². The van der Waals surface area contributed by atoms with Gasteiger partial charge in [-0.1, -0.05) is 24.3 Å². The summed E-state index contributed by atoms with van der Waals surface area (Å²) in [4.78, 5) is 9.59. The van der Waals surface area contributed by atoms with Gasteiger partial charge in [-0.05, 0) is 64.9 Å². The second kappa shape index (κ2) is 13.3. The summed E-state index contributed by atoms with van der Waals surface area (Å²) in [6, 6.07) is 9.49. The van der Waals surface area contributed by atoms with E-state index in [9.17, 15) is 0 Å². The fraction of sp³-hybridized carbons (Fsp3) is 0.667. The molecule has 6 heteroatoms. The summed E-state index contributed by atoms with van der Waals surface area (Å²) in [5.41, 5.74) is 2.66. The Balaban J connectivity index is 0.00000364. The number of nitrogens with one attached hydrogen (secondary N) is 2. The van der Waals surface area contributed by atoms with Crippen molar-refractivity contribution in [1.82, 2.24) is 20.4 Å². The van der Waals surface area contributed by atoms with E-state index >= 15 is 0 Å². The molecular formula is C21H38IN5. The molecule has 1 aromatic carbocycles. The highest BCUT2D eigenvalue weighted by Crippen LogP contribution is 2.13. The molecule has 1 aliphatic rings. The summed E-state index contributed by atoms with van der Waals surface area (Å²) in [7, 11) is 2.15. The molecule has 0 atom stereocenters. The molecule has 1 saturated heterocycles. The van der Waals surface area contributed by atoms with Gasteiger partial charge in [-0.25, -0.2) is 4.99 Å². The maximum absolute atomic E-state index is 4.72. The van der Waals surface area contributed by atoms with E-state index in [-0.39, 0.29) is 24.0 Å². The highest BCUT2D eigenvalue weighted by molar-refractivity contribution is 14.0. The van der Waals surface area contributed by atoms with Gasteiger partial charge in [0.2, 0.25) is 0 Å². The topological polar surface area (TPSA) is 42.9 Å². The van der Waals surface area contributed by atoms with Crippen molar-refractivity contribution in [1.29, 1.82) is 0 Å². The van der Waals surface area contributed by atoms with Crippen LogP contribution in [-0.4, -0.2) is 61.6 Å². The molecule has 0 spiro atoms. The third-order valence-corrected chi connectivity index (χ3v) is 5.03. The van der Waals surface area contributed by atoms with Crippen LogP contribution in [0.4, 0.5) is 0 Å². The molecule has 5 nitrogen and oxygen atoms in total. The Labute approximate surface area is 183 Å². The van der Waals surface area contributed by atoms with Gasteiger partial charge in [-0.2, -0.15) is 0 Å². The van der Waals surface area contributed by atoms with Crippen molar-refractivity contribution < 1.29 is 0 Å². The molecule has 0 aromatic heterocycles. The van der Waals surface area contributed by atoms with E-state index in [0.717, 1.165) is 32.1 Å². The Morgan fingerprint density at radius 1 is 1.11 bits per heavy atom. The number of guanidine groups is 1. The summed E-state index contributed by atoms with van der Waals surface area (Å²) in [5, 5.41) is 6.76. The van der Waals surface area contributed by atoms with Crippen LogP contribution in [0.5, 0.6) is 0 Å². The van der Waals surface area contributed by atoms with Gasteiger partial charge >= 0.3 is 0 Å². The lowest BCUT2D eigenvalue weighted by atomic mass is 10.1. The molecule has 0 saturated carbocycles. The van der Waals surface area contributed by atoms with E-state index in [1.165, 1.54) is 37.1 Å². The lowest BCUT2D eigenvalue weighted by molar-refractivity contribution is 0.278. The Hall–Kier alpha value is -0.860. The lowest BCUT2D eigenvalue weighted by Gasteiger charge is -2.21. The first-order valence-corrected chi connectivity index (χ1v) is 10.1. The number of aliphatic imine (C=N–C) groups is 1. The van der Waals surface area contributed by atoms with Crippen LogP contribution in [0.2, 0.25) is 0 Å². The highest BCUT2D eigenvalue weighted by atomic mass is 127. The fourth-order valence-corrected chi connectivity index (χ4v) is 3.07. The number of halogens is 1. The standard InChI is InChI=1S/C21H37N5.HI/c1-5-22-21(23-12-15-25(4)18(2)3)24-16-19-8-10-20(11-9-19)17-26-13-6-7-14-26;/h8-11,18H,5-7,12-17H2,1-4H3,(H2,22,23,24);1H. The van der Waals surface area contributed by atoms with Crippen LogP contribution in [-0.2, 0) is 13.1 Å². The summed E-state index contributed by atoms with van der Waals surface area (Å²) >= 11 is 0. The van der Waals surface area contributed by atoms with Crippen LogP contribution >= 0.6 is 24.0 Å². The Morgan fingerprint density at radius 2 is 1.74 bits per heavy atom. The molecule has 0 bridgehead atoms. The highest BCUT2D eigenvalue weighted by Gasteiger charge is 2.11. The summed E-state index contributed by atoms with van der Waals surface area (Å²) < 4.78 is 0. The first kappa shape index (κ1) is 24.2. The molecular weight excluding hydrogens is 449 g/mol. The van der Waals surface area contributed by atoms with Gasteiger partial charge in [0.25, 0.3) is 0 Å². The van der Waals surface area contributed by atoms with Crippen LogP contribution in [0.15, 0.2) is 29.3 Å². The van der Waals surface area contributed by atoms with Gasteiger partial charge < -0.3 is 15.5 Å². The molecule has 1 aliphatic heterocycles. The zero-order chi connectivity index (χ0) is 18.8. The van der Waals surface area contributed by atoms with Gasteiger partial charge in [0.05, 0.1) is 6.54 Å². The van der Waals surface area contributed by atoms with E-state index < -0.39 is 0 Å². The van der Waals surface area contributed by atoms with Gasteiger partial charge in [0, 0.05) is 32.2 Å². The second-order valence-corrected chi connectivity index (χ2v) is 7.50. The molecule has 1 fully saturated rings. The number of rotatable bonds is 9. The first-order chi connectivity index (χ1) is 12.6. The quantitative estimate of drug-likeness (QED) is 0.319. The maximum Gasteiger partial charge on any atom is 0.191 e. The van der Waals surface area contributed by atoms with Gasteiger partial charge in [0.15, 0.2) is 5.96 Å². The number of benzene rings is 1. The predicted molar refractivity (Wildman–Crippen MR) is 127 cm³/mol. The van der Waals surface area contributed by atoms with Crippen molar-refractivity contribution in [2.24, 2.45) is 4.99 Å². The Morgan fingerprint density at radius 3 is 2.33 bits per heavy atom. The monoisotopic (exact) mass is 487 g/mol. The van der Waals surface area contributed by atoms with Crippen LogP contribution in [0.3, 0.4) is 0 Å². The first-order valence-electron chi connectivity index (χ1n) is 10.1. The van der Waals surface area contributed by atoms with E-state index in [2.05, 4.69) is 72.5 Å². The Bertz CT molecular complexity index is 538. The largest absolute Gasteiger partial charge is 0.357 e. The van der Waals surface area contributed by atoms with Gasteiger partial charge in [-0.15, -0.1) is 24.0 Å². The smallest absolute Gasteiger partial charge is 0.191 e. The molecule has 154 valence electrons. The third kappa shape index (κ3) is 9.25. The Kier molecular flexibility index (Phi) is 11.9. The summed E-state index contributed by atoms with van der Waals surface area (Å²) in [6.07, 6.45) is 2.69.